The van der Waals surface area contributed by atoms with Gasteiger partial charge in [-0.1, -0.05) is 26.2 Å². The Labute approximate surface area is 114 Å². The number of aliphatic carboxylic acids is 1. The van der Waals surface area contributed by atoms with Gasteiger partial charge in [-0.3, -0.25) is 4.79 Å². The molecule has 1 N–H and O–H groups in total. The van der Waals surface area contributed by atoms with Crippen molar-refractivity contribution >= 4 is 12.0 Å². The van der Waals surface area contributed by atoms with Crippen LogP contribution in [-0.2, 0) is 4.79 Å². The third-order valence-electron chi connectivity index (χ3n) is 4.59. The Hall–Kier alpha value is -1.26. The summed E-state index contributed by atoms with van der Waals surface area (Å²) in [6.07, 6.45) is 6.22. The number of carbonyl (C=O) groups excluding carboxylic acids is 1. The maximum atomic E-state index is 12.2. The van der Waals surface area contributed by atoms with Gasteiger partial charge in [0, 0.05) is 20.1 Å². The van der Waals surface area contributed by atoms with Gasteiger partial charge >= 0.3 is 12.0 Å². The topological polar surface area (TPSA) is 60.9 Å². The minimum Gasteiger partial charge on any atom is -0.481 e. The van der Waals surface area contributed by atoms with Crippen LogP contribution >= 0.6 is 0 Å². The van der Waals surface area contributed by atoms with Crippen LogP contribution in [0.5, 0.6) is 0 Å². The fourth-order valence-electron chi connectivity index (χ4n) is 3.34. The minimum absolute atomic E-state index is 0.0105. The van der Waals surface area contributed by atoms with Gasteiger partial charge in [0.25, 0.3) is 0 Å². The molecule has 2 unspecified atom stereocenters. The average Bonchev–Trinajstić information content (AvgIpc) is 2.68. The molecule has 2 rings (SSSR count). The predicted molar refractivity (Wildman–Crippen MR) is 71.9 cm³/mol. The van der Waals surface area contributed by atoms with Crippen molar-refractivity contribution in [3.63, 3.8) is 0 Å². The summed E-state index contributed by atoms with van der Waals surface area (Å²) in [5.74, 6) is -0.744. The fraction of sp³-hybridized carbons (Fsp3) is 0.857. The Balaban J connectivity index is 1.97. The highest BCUT2D eigenvalue weighted by molar-refractivity contribution is 5.78. The summed E-state index contributed by atoms with van der Waals surface area (Å²) in [6, 6.07) is 0.262. The summed E-state index contributed by atoms with van der Waals surface area (Å²) in [5, 5.41) is 8.96. The second kappa shape index (κ2) is 5.80. The molecule has 1 aliphatic heterocycles. The van der Waals surface area contributed by atoms with E-state index in [0.717, 1.165) is 0 Å². The van der Waals surface area contributed by atoms with Gasteiger partial charge in [0.15, 0.2) is 0 Å². The molecule has 1 aliphatic carbocycles. The molecule has 2 fully saturated rings. The standard InChI is InChI=1S/C14H24N2O3/c1-10(13(17)18)8-16-9-12(15(2)14(16)19)11-6-4-3-5-7-11/h10-12H,3-9H2,1-2H3,(H,17,18). The number of carboxylic acids is 1. The van der Waals surface area contributed by atoms with Crippen LogP contribution in [0.25, 0.3) is 0 Å². The number of nitrogens with zero attached hydrogens (tertiary/aromatic N) is 2. The molecule has 5 nitrogen and oxygen atoms in total. The Morgan fingerprint density at radius 2 is 2.00 bits per heavy atom. The van der Waals surface area contributed by atoms with Gasteiger partial charge in [-0.2, -0.15) is 0 Å². The van der Waals surface area contributed by atoms with Gasteiger partial charge in [0.2, 0.25) is 0 Å². The van der Waals surface area contributed by atoms with Gasteiger partial charge in [-0.15, -0.1) is 0 Å². The molecule has 1 saturated heterocycles. The van der Waals surface area contributed by atoms with Crippen LogP contribution in [0.4, 0.5) is 4.79 Å². The lowest BCUT2D eigenvalue weighted by Crippen LogP contribution is -2.37. The first-order chi connectivity index (χ1) is 9.00. The predicted octanol–water partition coefficient (Wildman–Crippen LogP) is 2.02. The van der Waals surface area contributed by atoms with Gasteiger partial charge in [-0.05, 0) is 18.8 Å². The van der Waals surface area contributed by atoms with Gasteiger partial charge in [0.1, 0.15) is 0 Å². The SMILES string of the molecule is CC(CN1CC(C2CCCCC2)N(C)C1=O)C(=O)O. The molecule has 1 saturated carbocycles. The Kier molecular flexibility index (Phi) is 4.32. The van der Waals surface area contributed by atoms with Crippen LogP contribution in [0.1, 0.15) is 39.0 Å². The van der Waals surface area contributed by atoms with Crippen LogP contribution in [0.2, 0.25) is 0 Å². The maximum absolute atomic E-state index is 12.2. The van der Waals surface area contributed by atoms with E-state index in [1.807, 2.05) is 11.9 Å². The van der Waals surface area contributed by atoms with E-state index in [-0.39, 0.29) is 12.1 Å². The average molecular weight is 268 g/mol. The lowest BCUT2D eigenvalue weighted by atomic mass is 9.84. The highest BCUT2D eigenvalue weighted by Gasteiger charge is 2.40. The summed E-state index contributed by atoms with van der Waals surface area (Å²) in [7, 11) is 1.85. The second-order valence-corrected chi connectivity index (χ2v) is 6.00. The molecule has 1 heterocycles. The molecule has 0 radical (unpaired) electrons. The fourth-order valence-corrected chi connectivity index (χ4v) is 3.34. The lowest BCUT2D eigenvalue weighted by molar-refractivity contribution is -0.141. The molecule has 2 aliphatic rings. The van der Waals surface area contributed by atoms with Crippen molar-refractivity contribution < 1.29 is 14.7 Å². The zero-order chi connectivity index (χ0) is 14.0. The zero-order valence-electron chi connectivity index (χ0n) is 11.8. The van der Waals surface area contributed by atoms with Crippen molar-refractivity contribution in [2.45, 2.75) is 45.1 Å². The van der Waals surface area contributed by atoms with Crippen LogP contribution in [0.15, 0.2) is 0 Å². The van der Waals surface area contributed by atoms with Crippen LogP contribution in [-0.4, -0.2) is 53.1 Å². The van der Waals surface area contributed by atoms with E-state index in [1.165, 1.54) is 32.1 Å². The first-order valence-electron chi connectivity index (χ1n) is 7.25. The van der Waals surface area contributed by atoms with Crippen molar-refractivity contribution in [2.24, 2.45) is 11.8 Å². The van der Waals surface area contributed by atoms with Gasteiger partial charge in [0.05, 0.1) is 12.0 Å². The first-order valence-corrected chi connectivity index (χ1v) is 7.25. The number of hydrogen-bond acceptors (Lipinski definition) is 2. The second-order valence-electron chi connectivity index (χ2n) is 6.00. The summed E-state index contributed by atoms with van der Waals surface area (Å²) in [4.78, 5) is 26.6. The van der Waals surface area contributed by atoms with Crippen molar-refractivity contribution in [1.29, 1.82) is 0 Å². The van der Waals surface area contributed by atoms with Crippen LogP contribution in [0, 0.1) is 11.8 Å². The molecular formula is C14H24N2O3. The third kappa shape index (κ3) is 3.01. The number of likely N-dealkylation sites (N-methyl/N-ethyl adjacent to an activating group) is 1. The Morgan fingerprint density at radius 1 is 1.37 bits per heavy atom. The largest absolute Gasteiger partial charge is 0.481 e. The van der Waals surface area contributed by atoms with E-state index in [4.69, 9.17) is 5.11 Å². The van der Waals surface area contributed by atoms with Gasteiger partial charge < -0.3 is 14.9 Å². The third-order valence-corrected chi connectivity index (χ3v) is 4.59. The molecule has 0 aromatic carbocycles. The number of hydrogen-bond donors (Lipinski definition) is 1. The normalized spacial score (nSPS) is 26.8. The number of carbonyl (C=O) groups is 2. The highest BCUT2D eigenvalue weighted by Crippen LogP contribution is 2.32. The van der Waals surface area contributed by atoms with E-state index in [1.54, 1.807) is 11.8 Å². The monoisotopic (exact) mass is 268 g/mol. The molecule has 108 valence electrons. The van der Waals surface area contributed by atoms with E-state index in [9.17, 15) is 9.59 Å². The number of carboxylic acid groups (broad SMARTS) is 1. The molecular weight excluding hydrogens is 244 g/mol. The molecule has 0 aromatic rings. The van der Waals surface area contributed by atoms with Crippen molar-refractivity contribution in [3.8, 4) is 0 Å². The number of rotatable bonds is 4. The molecule has 5 heteroatoms. The molecule has 0 spiro atoms. The maximum Gasteiger partial charge on any atom is 0.320 e. The highest BCUT2D eigenvalue weighted by atomic mass is 16.4. The molecule has 0 bridgehead atoms. The quantitative estimate of drug-likeness (QED) is 0.848. The molecule has 2 amide bonds. The van der Waals surface area contributed by atoms with Crippen LogP contribution in [0.3, 0.4) is 0 Å². The smallest absolute Gasteiger partial charge is 0.320 e. The Morgan fingerprint density at radius 3 is 2.58 bits per heavy atom. The van der Waals surface area contributed by atoms with E-state index in [0.29, 0.717) is 19.0 Å². The van der Waals surface area contributed by atoms with E-state index >= 15 is 0 Å². The minimum atomic E-state index is -0.837. The van der Waals surface area contributed by atoms with Gasteiger partial charge in [-0.25, -0.2) is 4.79 Å². The van der Waals surface area contributed by atoms with Crippen molar-refractivity contribution in [3.05, 3.63) is 0 Å². The lowest BCUT2D eigenvalue weighted by Gasteiger charge is -2.30. The zero-order valence-corrected chi connectivity index (χ0v) is 11.8. The van der Waals surface area contributed by atoms with E-state index < -0.39 is 11.9 Å². The van der Waals surface area contributed by atoms with Crippen molar-refractivity contribution in [1.82, 2.24) is 9.80 Å². The molecule has 2 atom stereocenters. The Bertz CT molecular complexity index is 353. The molecule has 19 heavy (non-hydrogen) atoms. The summed E-state index contributed by atoms with van der Waals surface area (Å²) < 4.78 is 0. The first kappa shape index (κ1) is 14.2. The summed E-state index contributed by atoms with van der Waals surface area (Å²) in [5.41, 5.74) is 0. The molecule has 0 aromatic heterocycles. The number of urea groups is 1. The van der Waals surface area contributed by atoms with E-state index in [2.05, 4.69) is 0 Å². The summed E-state index contributed by atoms with van der Waals surface area (Å²) in [6.45, 7) is 2.67. The van der Waals surface area contributed by atoms with Crippen molar-refractivity contribution in [2.75, 3.05) is 20.1 Å². The number of amides is 2. The summed E-state index contributed by atoms with van der Waals surface area (Å²) >= 11 is 0. The van der Waals surface area contributed by atoms with Crippen LogP contribution < -0.4 is 0 Å².